The Morgan fingerprint density at radius 1 is 1.14 bits per heavy atom. The summed E-state index contributed by atoms with van der Waals surface area (Å²) in [6, 6.07) is 17.6. The molecule has 0 amide bonds. The molecule has 0 N–H and O–H groups in total. The molecule has 0 spiro atoms. The Bertz CT molecular complexity index is 773. The van der Waals surface area contributed by atoms with Crippen LogP contribution >= 0.6 is 0 Å². The average Bonchev–Trinajstić information content (AvgIpc) is 2.72. The Balaban J connectivity index is 1.58. The standard InChI is InChI=1S/C22H28FN5/c1-27(16-19-5-3-2-4-6-19)22-12-14-28(17-20(22)15-25-26-24)13-11-18-7-9-21(23)10-8-18/h2-10,20,22H,11-17H2,1H3/t20-,22-/m1/s1. The molecule has 0 aromatic heterocycles. The van der Waals surface area contributed by atoms with Gasteiger partial charge in [0.05, 0.1) is 0 Å². The monoisotopic (exact) mass is 381 g/mol. The number of benzene rings is 2. The Morgan fingerprint density at radius 3 is 2.61 bits per heavy atom. The molecule has 0 aliphatic carbocycles. The minimum Gasteiger partial charge on any atom is -0.303 e. The van der Waals surface area contributed by atoms with E-state index in [1.165, 1.54) is 17.7 Å². The zero-order valence-electron chi connectivity index (χ0n) is 16.4. The van der Waals surface area contributed by atoms with E-state index in [9.17, 15) is 4.39 Å². The van der Waals surface area contributed by atoms with Crippen molar-refractivity contribution in [3.63, 3.8) is 0 Å². The zero-order chi connectivity index (χ0) is 19.8. The van der Waals surface area contributed by atoms with E-state index in [0.717, 1.165) is 44.6 Å². The van der Waals surface area contributed by atoms with Gasteiger partial charge in [-0.25, -0.2) is 4.39 Å². The van der Waals surface area contributed by atoms with Gasteiger partial charge in [-0.2, -0.15) is 0 Å². The molecule has 2 atom stereocenters. The summed E-state index contributed by atoms with van der Waals surface area (Å²) in [5, 5.41) is 3.88. The highest BCUT2D eigenvalue weighted by Crippen LogP contribution is 2.24. The Kier molecular flexibility index (Phi) is 7.43. The molecule has 1 saturated heterocycles. The molecule has 0 bridgehead atoms. The number of nitrogens with zero attached hydrogens (tertiary/aromatic N) is 5. The van der Waals surface area contributed by atoms with Gasteiger partial charge < -0.3 is 4.90 Å². The first-order valence-electron chi connectivity index (χ1n) is 9.87. The maximum atomic E-state index is 13.1. The smallest absolute Gasteiger partial charge is 0.123 e. The maximum absolute atomic E-state index is 13.1. The SMILES string of the molecule is CN(Cc1ccccc1)[C@@H]1CCN(CCc2ccc(F)cc2)C[C@H]1CN=[N+]=[N-]. The van der Waals surface area contributed by atoms with Crippen LogP contribution < -0.4 is 0 Å². The van der Waals surface area contributed by atoms with Gasteiger partial charge in [-0.1, -0.05) is 47.6 Å². The molecule has 1 aliphatic heterocycles. The number of azide groups is 1. The van der Waals surface area contributed by atoms with Crippen molar-refractivity contribution >= 4 is 0 Å². The topological polar surface area (TPSA) is 55.2 Å². The molecule has 5 nitrogen and oxygen atoms in total. The van der Waals surface area contributed by atoms with Crippen LogP contribution in [0.25, 0.3) is 10.4 Å². The number of halogens is 1. The number of likely N-dealkylation sites (tertiary alicyclic amines) is 1. The molecule has 0 radical (unpaired) electrons. The molecular weight excluding hydrogens is 353 g/mol. The molecule has 1 aliphatic rings. The normalized spacial score (nSPS) is 20.1. The minimum absolute atomic E-state index is 0.194. The van der Waals surface area contributed by atoms with Crippen molar-refractivity contribution < 1.29 is 4.39 Å². The van der Waals surface area contributed by atoms with Crippen LogP contribution in [-0.4, -0.2) is 49.1 Å². The van der Waals surface area contributed by atoms with Gasteiger partial charge in [0.2, 0.25) is 0 Å². The second-order valence-electron chi connectivity index (χ2n) is 7.61. The lowest BCUT2D eigenvalue weighted by molar-refractivity contribution is 0.0717. The van der Waals surface area contributed by atoms with E-state index in [1.807, 2.05) is 18.2 Å². The lowest BCUT2D eigenvalue weighted by atomic mass is 9.90. The highest BCUT2D eigenvalue weighted by Gasteiger charge is 2.31. The zero-order valence-corrected chi connectivity index (χ0v) is 16.4. The lowest BCUT2D eigenvalue weighted by Gasteiger charge is -2.42. The molecule has 6 heteroatoms. The molecule has 28 heavy (non-hydrogen) atoms. The summed E-state index contributed by atoms with van der Waals surface area (Å²) in [6.45, 7) is 4.30. The van der Waals surface area contributed by atoms with Crippen molar-refractivity contribution in [3.05, 3.63) is 82.0 Å². The van der Waals surface area contributed by atoms with Gasteiger partial charge in [0.1, 0.15) is 5.82 Å². The molecular formula is C22H28FN5. The van der Waals surface area contributed by atoms with Crippen LogP contribution in [0.5, 0.6) is 0 Å². The molecule has 1 fully saturated rings. The van der Waals surface area contributed by atoms with E-state index >= 15 is 0 Å². The molecule has 1 heterocycles. The second kappa shape index (κ2) is 10.2. The van der Waals surface area contributed by atoms with Crippen molar-refractivity contribution in [2.45, 2.75) is 25.4 Å². The quantitative estimate of drug-likeness (QED) is 0.384. The van der Waals surface area contributed by atoms with E-state index in [-0.39, 0.29) is 5.82 Å². The summed E-state index contributed by atoms with van der Waals surface area (Å²) in [7, 11) is 2.16. The van der Waals surface area contributed by atoms with Crippen LogP contribution in [0.4, 0.5) is 4.39 Å². The molecule has 2 aromatic rings. The predicted molar refractivity (Wildman–Crippen MR) is 110 cm³/mol. The van der Waals surface area contributed by atoms with Crippen LogP contribution in [0.1, 0.15) is 17.5 Å². The van der Waals surface area contributed by atoms with Crippen LogP contribution in [0, 0.1) is 11.7 Å². The summed E-state index contributed by atoms with van der Waals surface area (Å²) in [4.78, 5) is 7.82. The Morgan fingerprint density at radius 2 is 1.89 bits per heavy atom. The van der Waals surface area contributed by atoms with E-state index in [0.29, 0.717) is 18.5 Å². The first kappa shape index (κ1) is 20.3. The number of piperidine rings is 1. The highest BCUT2D eigenvalue weighted by molar-refractivity contribution is 5.16. The minimum atomic E-state index is -0.194. The van der Waals surface area contributed by atoms with Gasteiger partial charge in [-0.05, 0) is 61.1 Å². The van der Waals surface area contributed by atoms with E-state index in [1.54, 1.807) is 0 Å². The fourth-order valence-electron chi connectivity index (χ4n) is 4.13. The maximum Gasteiger partial charge on any atom is 0.123 e. The molecule has 0 unspecified atom stereocenters. The number of hydrogen-bond donors (Lipinski definition) is 0. The van der Waals surface area contributed by atoms with Crippen LogP contribution in [0.3, 0.4) is 0 Å². The first-order valence-corrected chi connectivity index (χ1v) is 9.87. The van der Waals surface area contributed by atoms with E-state index in [2.05, 4.69) is 51.1 Å². The molecule has 2 aromatic carbocycles. The average molecular weight is 381 g/mol. The Labute approximate surface area is 166 Å². The fourth-order valence-corrected chi connectivity index (χ4v) is 4.13. The van der Waals surface area contributed by atoms with Crippen molar-refractivity contribution in [1.82, 2.24) is 9.80 Å². The van der Waals surface area contributed by atoms with Crippen molar-refractivity contribution in [2.24, 2.45) is 11.0 Å². The Hall–Kier alpha value is -2.40. The third-order valence-electron chi connectivity index (χ3n) is 5.63. The summed E-state index contributed by atoms with van der Waals surface area (Å²) >= 11 is 0. The van der Waals surface area contributed by atoms with Crippen molar-refractivity contribution in [1.29, 1.82) is 0 Å². The first-order chi connectivity index (χ1) is 13.7. The highest BCUT2D eigenvalue weighted by atomic mass is 19.1. The third kappa shape index (κ3) is 5.80. The summed E-state index contributed by atoms with van der Waals surface area (Å²) in [6.07, 6.45) is 1.96. The second-order valence-corrected chi connectivity index (χ2v) is 7.61. The number of rotatable bonds is 8. The van der Waals surface area contributed by atoms with Crippen LogP contribution in [0.2, 0.25) is 0 Å². The van der Waals surface area contributed by atoms with Gasteiger partial charge in [0, 0.05) is 37.1 Å². The van der Waals surface area contributed by atoms with Crippen molar-refractivity contribution in [2.75, 3.05) is 33.2 Å². The number of hydrogen-bond acceptors (Lipinski definition) is 3. The van der Waals surface area contributed by atoms with Crippen molar-refractivity contribution in [3.8, 4) is 0 Å². The van der Waals surface area contributed by atoms with Gasteiger partial charge in [-0.3, -0.25) is 4.90 Å². The summed E-state index contributed by atoms with van der Waals surface area (Å²) < 4.78 is 13.1. The largest absolute Gasteiger partial charge is 0.303 e. The van der Waals surface area contributed by atoms with E-state index in [4.69, 9.17) is 5.53 Å². The van der Waals surface area contributed by atoms with Crippen LogP contribution in [0.15, 0.2) is 59.7 Å². The fraction of sp³-hybridized carbons (Fsp3) is 0.455. The molecule has 148 valence electrons. The molecule has 0 saturated carbocycles. The van der Waals surface area contributed by atoms with Gasteiger partial charge >= 0.3 is 0 Å². The lowest BCUT2D eigenvalue weighted by Crippen LogP contribution is -2.51. The van der Waals surface area contributed by atoms with Crippen LogP contribution in [-0.2, 0) is 13.0 Å². The van der Waals surface area contributed by atoms with Gasteiger partial charge in [0.15, 0.2) is 0 Å². The summed E-state index contributed by atoms with van der Waals surface area (Å²) in [5.41, 5.74) is 11.2. The third-order valence-corrected chi connectivity index (χ3v) is 5.63. The molecule has 3 rings (SSSR count). The predicted octanol–water partition coefficient (Wildman–Crippen LogP) is 4.50. The summed E-state index contributed by atoms with van der Waals surface area (Å²) in [5.74, 6) is 0.118. The van der Waals surface area contributed by atoms with E-state index < -0.39 is 0 Å². The van der Waals surface area contributed by atoms with Gasteiger partial charge in [0.25, 0.3) is 0 Å². The van der Waals surface area contributed by atoms with Gasteiger partial charge in [-0.15, -0.1) is 0 Å².